The van der Waals surface area contributed by atoms with Gasteiger partial charge in [-0.2, -0.15) is 0 Å². The van der Waals surface area contributed by atoms with Gasteiger partial charge in [-0.3, -0.25) is 14.4 Å². The molecule has 3 N–H and O–H groups in total. The number of carbonyl (C=O) groups is 1. The highest BCUT2D eigenvalue weighted by Gasteiger charge is 2.37. The Balaban J connectivity index is 0.00000141. The molecule has 0 amide bonds. The summed E-state index contributed by atoms with van der Waals surface area (Å²) in [4.78, 5) is 17.2. The van der Waals surface area contributed by atoms with Gasteiger partial charge in [0.05, 0.1) is 5.69 Å². The van der Waals surface area contributed by atoms with Crippen LogP contribution in [0.3, 0.4) is 0 Å². The average Bonchev–Trinajstić information content (AvgIpc) is 3.50. The van der Waals surface area contributed by atoms with Crippen LogP contribution in [0.1, 0.15) is 43.6 Å². The zero-order valence-corrected chi connectivity index (χ0v) is 24.0. The van der Waals surface area contributed by atoms with Gasteiger partial charge in [0.15, 0.2) is 0 Å². The number of aromatic nitrogens is 2. The molecule has 1 saturated carbocycles. The first-order chi connectivity index (χ1) is 20.9. The van der Waals surface area contributed by atoms with Crippen molar-refractivity contribution in [1.82, 2.24) is 14.9 Å². The third-order valence-electron chi connectivity index (χ3n) is 7.46. The van der Waals surface area contributed by atoms with Gasteiger partial charge in [0.1, 0.15) is 34.4 Å². The monoisotopic (exact) mass is 643 g/mol. The number of hydrogen-bond acceptors (Lipinski definition) is 8. The van der Waals surface area contributed by atoms with Crippen LogP contribution < -0.4 is 14.8 Å². The van der Waals surface area contributed by atoms with Crippen LogP contribution in [0.15, 0.2) is 59.9 Å². The predicted octanol–water partition coefficient (Wildman–Crippen LogP) is 5.37. The summed E-state index contributed by atoms with van der Waals surface area (Å²) in [7, 11) is -4.47. The number of ether oxygens (including phenoxy) is 1. The molecule has 2 fully saturated rings. The lowest BCUT2D eigenvalue weighted by atomic mass is 9.78. The van der Waals surface area contributed by atoms with E-state index in [9.17, 15) is 21.6 Å². The molecule has 0 radical (unpaired) electrons. The van der Waals surface area contributed by atoms with Gasteiger partial charge in [0.2, 0.25) is 0 Å². The summed E-state index contributed by atoms with van der Waals surface area (Å²) in [5.41, 5.74) is 0.550. The van der Waals surface area contributed by atoms with Crippen molar-refractivity contribution >= 4 is 28.0 Å². The molecule has 1 aliphatic heterocycles. The smallest absolute Gasteiger partial charge is 0.483 e. The summed E-state index contributed by atoms with van der Waals surface area (Å²) in [6.07, 6.45) is 1.30. The molecule has 5 rings (SSSR count). The van der Waals surface area contributed by atoms with E-state index in [1.807, 2.05) is 0 Å². The van der Waals surface area contributed by atoms with E-state index in [0.29, 0.717) is 25.3 Å². The number of halogens is 5. The number of alkyl halides is 3. The molecule has 2 aliphatic rings. The van der Waals surface area contributed by atoms with Crippen molar-refractivity contribution in [3.63, 3.8) is 0 Å². The van der Waals surface area contributed by atoms with Crippen molar-refractivity contribution in [1.29, 1.82) is 0 Å². The fourth-order valence-electron chi connectivity index (χ4n) is 5.65. The van der Waals surface area contributed by atoms with Crippen LogP contribution in [-0.2, 0) is 14.8 Å². The summed E-state index contributed by atoms with van der Waals surface area (Å²) in [6, 6.07) is 8.28. The van der Waals surface area contributed by atoms with Crippen LogP contribution in [0.4, 0.5) is 33.5 Å². The zero-order valence-electron chi connectivity index (χ0n) is 23.2. The number of sulfonamides is 1. The second-order valence-corrected chi connectivity index (χ2v) is 11.9. The molecule has 0 unspecified atom stereocenters. The maximum atomic E-state index is 15.2. The zero-order chi connectivity index (χ0) is 31.9. The Morgan fingerprint density at radius 1 is 1.05 bits per heavy atom. The number of likely N-dealkylation sites (tertiary alicyclic amines) is 1. The Morgan fingerprint density at radius 3 is 2.43 bits per heavy atom. The molecule has 2 aromatic carbocycles. The number of anilines is 2. The Labute approximate surface area is 250 Å². The number of benzene rings is 2. The van der Waals surface area contributed by atoms with Crippen molar-refractivity contribution < 1.29 is 45.0 Å². The summed E-state index contributed by atoms with van der Waals surface area (Å²) in [5, 5.41) is 9.98. The highest BCUT2D eigenvalue weighted by atomic mass is 32.2. The number of nitrogens with zero attached hydrogens (tertiary/aromatic N) is 3. The highest BCUT2D eigenvalue weighted by molar-refractivity contribution is 7.92. The normalized spacial score (nSPS) is 20.7. The lowest BCUT2D eigenvalue weighted by Crippen LogP contribution is -2.49. The van der Waals surface area contributed by atoms with Crippen molar-refractivity contribution in [3.05, 3.63) is 72.2 Å². The van der Waals surface area contributed by atoms with E-state index in [-0.39, 0.29) is 41.7 Å². The molecule has 44 heavy (non-hydrogen) atoms. The van der Waals surface area contributed by atoms with E-state index in [1.54, 1.807) is 6.07 Å². The molecule has 3 aromatic rings. The quantitative estimate of drug-likeness (QED) is 0.219. The summed E-state index contributed by atoms with van der Waals surface area (Å²) >= 11 is 0. The Kier molecular flexibility index (Phi) is 10.6. The largest absolute Gasteiger partial charge is 0.573 e. The fourth-order valence-corrected chi connectivity index (χ4v) is 6.73. The van der Waals surface area contributed by atoms with Gasteiger partial charge in [0, 0.05) is 24.3 Å². The van der Waals surface area contributed by atoms with E-state index >= 15 is 8.78 Å². The van der Waals surface area contributed by atoms with Crippen molar-refractivity contribution in [2.75, 3.05) is 23.1 Å². The summed E-state index contributed by atoms with van der Waals surface area (Å²) in [6.45, 7) is 1.38. The number of carboxylic acid groups (broad SMARTS) is 1. The van der Waals surface area contributed by atoms with Gasteiger partial charge in [-0.05, 0) is 80.9 Å². The van der Waals surface area contributed by atoms with Gasteiger partial charge in [0.25, 0.3) is 16.5 Å². The van der Waals surface area contributed by atoms with Crippen LogP contribution in [-0.4, -0.2) is 66.4 Å². The molecule has 10 nitrogen and oxygen atoms in total. The third kappa shape index (κ3) is 8.53. The van der Waals surface area contributed by atoms with E-state index in [4.69, 9.17) is 9.90 Å². The molecule has 16 heteroatoms. The first-order valence-electron chi connectivity index (χ1n) is 13.6. The molecule has 3 atom stereocenters. The van der Waals surface area contributed by atoms with Crippen LogP contribution in [0.25, 0.3) is 0 Å². The second-order valence-electron chi connectivity index (χ2n) is 10.3. The average molecular weight is 644 g/mol. The van der Waals surface area contributed by atoms with Crippen molar-refractivity contribution in [2.24, 2.45) is 0 Å². The maximum absolute atomic E-state index is 15.2. The highest BCUT2D eigenvalue weighted by Crippen LogP contribution is 2.39. The Morgan fingerprint density at radius 2 is 1.77 bits per heavy atom. The van der Waals surface area contributed by atoms with Gasteiger partial charge in [-0.15, -0.1) is 13.2 Å². The fraction of sp³-hybridized carbons (Fsp3) is 0.393. The predicted molar refractivity (Wildman–Crippen MR) is 150 cm³/mol. The topological polar surface area (TPSA) is 134 Å². The minimum Gasteiger partial charge on any atom is -0.483 e. The molecular formula is C28H30F5N5O5S. The van der Waals surface area contributed by atoms with E-state index in [2.05, 4.69) is 29.6 Å². The molecule has 1 saturated heterocycles. The number of nitrogens with one attached hydrogen (secondary N) is 2. The Bertz CT molecular complexity index is 1520. The molecule has 0 spiro atoms. The van der Waals surface area contributed by atoms with E-state index < -0.39 is 32.9 Å². The third-order valence-corrected chi connectivity index (χ3v) is 8.83. The van der Waals surface area contributed by atoms with E-state index in [1.165, 1.54) is 30.5 Å². The molecule has 1 aliphatic carbocycles. The lowest BCUT2D eigenvalue weighted by Gasteiger charge is -2.42. The molecule has 0 bridgehead atoms. The molecule has 1 aromatic heterocycles. The van der Waals surface area contributed by atoms with E-state index in [0.717, 1.165) is 43.9 Å². The van der Waals surface area contributed by atoms with Crippen LogP contribution in [0.2, 0.25) is 0 Å². The Hall–Kier alpha value is -4.05. The maximum Gasteiger partial charge on any atom is 0.573 e. The summed E-state index contributed by atoms with van der Waals surface area (Å²) in [5.74, 6) is -2.51. The standard InChI is InChI=1S/C27H28F5N5O3S.CH2O2/c28-20-15-25(41(38,39)36-26-8-9-33-16-34-26)21(29)14-23(20)35-22-7-6-18(13-24(22)37-10-1-2-11-37)17-4-3-5-19(12-17)40-27(30,31)32;2-1-3/h3-5,8-9,12,14-16,18,22,24,35H,1-2,6-7,10-11,13H2,(H,33,34,36);1H,(H,2,3)/t18-,22-,24-;/m0./s1. The van der Waals surface area contributed by atoms with Crippen molar-refractivity contribution in [2.45, 2.75) is 61.4 Å². The first-order valence-corrected chi connectivity index (χ1v) is 15.1. The SMILES string of the molecule is O=CO.O=S(=O)(Nc1ccncn1)c1cc(F)c(N[C@H]2CC[C@H](c3cccc(OC(F)(F)F)c3)C[C@@H]2N2CCCC2)cc1F. The minimum atomic E-state index is -4.79. The van der Waals surface area contributed by atoms with Crippen LogP contribution in [0.5, 0.6) is 5.75 Å². The van der Waals surface area contributed by atoms with Gasteiger partial charge in [-0.25, -0.2) is 27.2 Å². The second kappa shape index (κ2) is 14.2. The van der Waals surface area contributed by atoms with Crippen molar-refractivity contribution in [3.8, 4) is 5.75 Å². The van der Waals surface area contributed by atoms with Crippen LogP contribution in [0, 0.1) is 11.6 Å². The molecular weight excluding hydrogens is 613 g/mol. The molecule has 238 valence electrons. The van der Waals surface area contributed by atoms with Crippen LogP contribution >= 0.6 is 0 Å². The number of rotatable bonds is 8. The lowest BCUT2D eigenvalue weighted by molar-refractivity contribution is -0.274. The number of hydrogen-bond donors (Lipinski definition) is 3. The molecule has 2 heterocycles. The minimum absolute atomic E-state index is 0.0580. The van der Waals surface area contributed by atoms with Gasteiger partial charge >= 0.3 is 6.36 Å². The summed E-state index contributed by atoms with van der Waals surface area (Å²) < 4.78 is 100. The first kappa shape index (κ1) is 32.9. The van der Waals surface area contributed by atoms with Gasteiger partial charge in [-0.1, -0.05) is 12.1 Å². The van der Waals surface area contributed by atoms with Gasteiger partial charge < -0.3 is 15.2 Å².